The predicted molar refractivity (Wildman–Crippen MR) is 136 cm³/mol. The van der Waals surface area contributed by atoms with Gasteiger partial charge in [-0.25, -0.2) is 22.7 Å². The fraction of sp³-hybridized carbons (Fsp3) is 0.160. The number of sulfone groups is 1. The number of benzene rings is 2. The van der Waals surface area contributed by atoms with Crippen molar-refractivity contribution in [1.82, 2.24) is 29.8 Å². The summed E-state index contributed by atoms with van der Waals surface area (Å²) in [6, 6.07) is 14.3. The van der Waals surface area contributed by atoms with Crippen LogP contribution in [-0.4, -0.2) is 45.7 Å². The molecule has 0 aliphatic carbocycles. The minimum atomic E-state index is -3.39. The standard InChI is InChI=1S/C25H22N6O6S/c1-30-19-11-16(6-7-21(19)37-25(30)34)14-26-23(32)18-12-20(31-22(29-18)8-9-28-31)24(33)27-13-15-4-3-5-17(10-15)38(2,35)36/h3-12H,13-14H2,1-2H3,(H,26,32)(H,27,33). The van der Waals surface area contributed by atoms with Gasteiger partial charge in [-0.15, -0.1) is 0 Å². The van der Waals surface area contributed by atoms with Crippen LogP contribution in [0.25, 0.3) is 16.7 Å². The molecule has 0 fully saturated rings. The summed E-state index contributed by atoms with van der Waals surface area (Å²) in [5.41, 5.74) is 2.77. The van der Waals surface area contributed by atoms with Crippen LogP contribution >= 0.6 is 0 Å². The Bertz CT molecular complexity index is 1890. The molecule has 0 spiro atoms. The minimum Gasteiger partial charge on any atom is -0.408 e. The largest absolute Gasteiger partial charge is 0.419 e. The van der Waals surface area contributed by atoms with E-state index in [0.29, 0.717) is 22.3 Å². The highest BCUT2D eigenvalue weighted by atomic mass is 32.2. The maximum atomic E-state index is 13.0. The van der Waals surface area contributed by atoms with Crippen molar-refractivity contribution in [1.29, 1.82) is 0 Å². The van der Waals surface area contributed by atoms with Gasteiger partial charge in [0.05, 0.1) is 16.6 Å². The lowest BCUT2D eigenvalue weighted by Gasteiger charge is -2.10. The lowest BCUT2D eigenvalue weighted by atomic mass is 10.2. The zero-order chi connectivity index (χ0) is 27.0. The van der Waals surface area contributed by atoms with E-state index in [9.17, 15) is 22.8 Å². The molecule has 194 valence electrons. The van der Waals surface area contributed by atoms with Gasteiger partial charge in [0.1, 0.15) is 11.4 Å². The Morgan fingerprint density at radius 1 is 0.974 bits per heavy atom. The van der Waals surface area contributed by atoms with Crippen molar-refractivity contribution < 1.29 is 22.4 Å². The van der Waals surface area contributed by atoms with Crippen LogP contribution in [0.1, 0.15) is 32.1 Å². The molecule has 2 N–H and O–H groups in total. The SMILES string of the molecule is Cn1c(=O)oc2ccc(CNC(=O)c3cc(C(=O)NCc4cccc(S(C)(=O)=O)c4)n4nccc4n3)cc21. The van der Waals surface area contributed by atoms with Crippen LogP contribution in [0.3, 0.4) is 0 Å². The van der Waals surface area contributed by atoms with Crippen molar-refractivity contribution in [2.75, 3.05) is 6.26 Å². The summed E-state index contributed by atoms with van der Waals surface area (Å²) in [6.07, 6.45) is 2.57. The van der Waals surface area contributed by atoms with Crippen LogP contribution < -0.4 is 16.4 Å². The Kier molecular flexibility index (Phi) is 6.28. The fourth-order valence-corrected chi connectivity index (χ4v) is 4.60. The predicted octanol–water partition coefficient (Wildman–Crippen LogP) is 1.44. The van der Waals surface area contributed by atoms with Crippen molar-refractivity contribution in [3.63, 3.8) is 0 Å². The molecule has 13 heteroatoms. The summed E-state index contributed by atoms with van der Waals surface area (Å²) >= 11 is 0. The first kappa shape index (κ1) is 24.9. The number of nitrogens with zero attached hydrogens (tertiary/aromatic N) is 4. The van der Waals surface area contributed by atoms with Crippen molar-refractivity contribution >= 4 is 38.4 Å². The van der Waals surface area contributed by atoms with E-state index in [1.54, 1.807) is 43.4 Å². The highest BCUT2D eigenvalue weighted by molar-refractivity contribution is 7.90. The molecule has 0 aliphatic rings. The molecule has 5 rings (SSSR count). The fourth-order valence-electron chi connectivity index (χ4n) is 3.91. The lowest BCUT2D eigenvalue weighted by molar-refractivity contribution is 0.0942. The second-order valence-electron chi connectivity index (χ2n) is 8.64. The molecule has 3 heterocycles. The summed E-state index contributed by atoms with van der Waals surface area (Å²) in [6.45, 7) is 0.215. The van der Waals surface area contributed by atoms with Gasteiger partial charge in [-0.05, 0) is 35.4 Å². The maximum Gasteiger partial charge on any atom is 0.419 e. The molecule has 38 heavy (non-hydrogen) atoms. The summed E-state index contributed by atoms with van der Waals surface area (Å²) in [5, 5.41) is 9.62. The molecule has 0 radical (unpaired) electrons. The van der Waals surface area contributed by atoms with Gasteiger partial charge in [-0.3, -0.25) is 14.2 Å². The molecule has 0 unspecified atom stereocenters. The maximum absolute atomic E-state index is 13.0. The lowest BCUT2D eigenvalue weighted by Crippen LogP contribution is -2.28. The number of aromatic nitrogens is 4. The molecule has 0 saturated heterocycles. The van der Waals surface area contributed by atoms with Gasteiger partial charge in [0.15, 0.2) is 21.1 Å². The average Bonchev–Trinajstić information content (AvgIpc) is 3.48. The zero-order valence-corrected chi connectivity index (χ0v) is 21.2. The average molecular weight is 535 g/mol. The minimum absolute atomic E-state index is 0.0130. The van der Waals surface area contributed by atoms with Gasteiger partial charge in [-0.1, -0.05) is 18.2 Å². The molecule has 5 aromatic rings. The molecular weight excluding hydrogens is 512 g/mol. The van der Waals surface area contributed by atoms with E-state index in [4.69, 9.17) is 4.42 Å². The van der Waals surface area contributed by atoms with Crippen molar-refractivity contribution in [2.45, 2.75) is 18.0 Å². The van der Waals surface area contributed by atoms with Crippen LogP contribution in [0.15, 0.2) is 74.9 Å². The van der Waals surface area contributed by atoms with E-state index in [1.165, 1.54) is 33.5 Å². The van der Waals surface area contributed by atoms with Gasteiger partial charge in [-0.2, -0.15) is 5.10 Å². The molecule has 12 nitrogen and oxygen atoms in total. The van der Waals surface area contributed by atoms with E-state index in [-0.39, 0.29) is 29.4 Å². The molecule has 0 saturated carbocycles. The van der Waals surface area contributed by atoms with Crippen molar-refractivity contribution in [3.8, 4) is 0 Å². The summed E-state index contributed by atoms with van der Waals surface area (Å²) in [4.78, 5) is 42.1. The Morgan fingerprint density at radius 3 is 2.47 bits per heavy atom. The van der Waals surface area contributed by atoms with Crippen LogP contribution in [0.2, 0.25) is 0 Å². The van der Waals surface area contributed by atoms with Gasteiger partial charge in [0, 0.05) is 38.5 Å². The second kappa shape index (κ2) is 9.59. The van der Waals surface area contributed by atoms with E-state index in [1.807, 2.05) is 0 Å². The van der Waals surface area contributed by atoms with Crippen LogP contribution in [0.5, 0.6) is 0 Å². The van der Waals surface area contributed by atoms with Crippen LogP contribution in [0, 0.1) is 0 Å². The Hall–Kier alpha value is -4.78. The van der Waals surface area contributed by atoms with Crippen LogP contribution in [0.4, 0.5) is 0 Å². The van der Waals surface area contributed by atoms with Crippen molar-refractivity contribution in [2.24, 2.45) is 7.05 Å². The smallest absolute Gasteiger partial charge is 0.408 e. The zero-order valence-electron chi connectivity index (χ0n) is 20.3. The molecular formula is C25H22N6O6S. The number of oxazole rings is 1. The van der Waals surface area contributed by atoms with E-state index >= 15 is 0 Å². The number of rotatable bonds is 7. The molecule has 0 bridgehead atoms. The number of hydrogen-bond donors (Lipinski definition) is 2. The molecule has 0 aliphatic heterocycles. The van der Waals surface area contributed by atoms with Gasteiger partial charge in [0.25, 0.3) is 11.8 Å². The molecule has 0 atom stereocenters. The van der Waals surface area contributed by atoms with E-state index in [2.05, 4.69) is 20.7 Å². The number of nitrogens with one attached hydrogen (secondary N) is 2. The van der Waals surface area contributed by atoms with E-state index in [0.717, 1.165) is 11.8 Å². The monoisotopic (exact) mass is 534 g/mol. The third kappa shape index (κ3) is 4.91. The first-order valence-corrected chi connectivity index (χ1v) is 13.3. The summed E-state index contributed by atoms with van der Waals surface area (Å²) in [7, 11) is -1.80. The topological polar surface area (TPSA) is 158 Å². The summed E-state index contributed by atoms with van der Waals surface area (Å²) in [5.74, 6) is -1.51. The van der Waals surface area contributed by atoms with Gasteiger partial charge in [0.2, 0.25) is 0 Å². The molecule has 2 aromatic carbocycles. The number of carbonyl (C=O) groups is 2. The van der Waals surface area contributed by atoms with Gasteiger partial charge < -0.3 is 15.1 Å². The Morgan fingerprint density at radius 2 is 1.71 bits per heavy atom. The Balaban J connectivity index is 1.34. The Labute approximate surface area is 215 Å². The summed E-state index contributed by atoms with van der Waals surface area (Å²) < 4.78 is 31.4. The molecule has 3 aromatic heterocycles. The number of carbonyl (C=O) groups excluding carboxylic acids is 2. The first-order valence-electron chi connectivity index (χ1n) is 11.4. The van der Waals surface area contributed by atoms with Gasteiger partial charge >= 0.3 is 5.76 Å². The first-order chi connectivity index (χ1) is 18.1. The number of amides is 2. The number of fused-ring (bicyclic) bond motifs is 2. The quantitative estimate of drug-likeness (QED) is 0.317. The highest BCUT2D eigenvalue weighted by Crippen LogP contribution is 2.15. The third-order valence-corrected chi connectivity index (χ3v) is 7.02. The van der Waals surface area contributed by atoms with E-state index < -0.39 is 27.4 Å². The molecule has 2 amide bonds. The van der Waals surface area contributed by atoms with Crippen LogP contribution in [-0.2, 0) is 30.0 Å². The number of hydrogen-bond acceptors (Lipinski definition) is 8. The van der Waals surface area contributed by atoms with Crippen molar-refractivity contribution in [3.05, 3.63) is 93.9 Å². The highest BCUT2D eigenvalue weighted by Gasteiger charge is 2.18. The third-order valence-electron chi connectivity index (χ3n) is 5.91. The normalized spacial score (nSPS) is 11.6. The number of aryl methyl sites for hydroxylation is 1. The second-order valence-corrected chi connectivity index (χ2v) is 10.7.